The van der Waals surface area contributed by atoms with Crippen molar-refractivity contribution in [2.24, 2.45) is 0 Å². The molecular formula is C30H35NO6-3. The van der Waals surface area contributed by atoms with E-state index in [0.717, 1.165) is 17.7 Å². The van der Waals surface area contributed by atoms with Gasteiger partial charge in [-0.2, -0.15) is 0 Å². The van der Waals surface area contributed by atoms with Crippen molar-refractivity contribution in [3.63, 3.8) is 0 Å². The van der Waals surface area contributed by atoms with Gasteiger partial charge < -0.3 is 29.7 Å². The van der Waals surface area contributed by atoms with Gasteiger partial charge in [0.05, 0.1) is 24.5 Å². The molecule has 0 unspecified atom stereocenters. The molecular weight excluding hydrogens is 470 g/mol. The van der Waals surface area contributed by atoms with Crippen LogP contribution >= 0.6 is 0 Å². The SMILES string of the molecule is O=C([O-])/C=C\C(=O)[O-].O=C([O-])C(c1ccccc1)c1ccccc1.[CH2]C#CCN(CCCC)CCCC. The van der Waals surface area contributed by atoms with Crippen LogP contribution in [0.15, 0.2) is 72.8 Å². The molecule has 7 nitrogen and oxygen atoms in total. The van der Waals surface area contributed by atoms with Crippen LogP contribution in [0.1, 0.15) is 56.6 Å². The molecule has 0 N–H and O–H groups in total. The molecule has 2 aromatic rings. The van der Waals surface area contributed by atoms with Gasteiger partial charge in [-0.05, 0) is 49.2 Å². The zero-order chi connectivity index (χ0) is 27.9. The lowest BCUT2D eigenvalue weighted by Crippen LogP contribution is -2.30. The third kappa shape index (κ3) is 17.2. The van der Waals surface area contributed by atoms with Gasteiger partial charge >= 0.3 is 0 Å². The highest BCUT2D eigenvalue weighted by molar-refractivity contribution is 5.87. The van der Waals surface area contributed by atoms with E-state index in [0.29, 0.717) is 12.2 Å². The van der Waals surface area contributed by atoms with Gasteiger partial charge in [0.25, 0.3) is 0 Å². The first-order valence-electron chi connectivity index (χ1n) is 12.1. The Kier molecular flexibility index (Phi) is 19.1. The lowest BCUT2D eigenvalue weighted by atomic mass is 9.92. The van der Waals surface area contributed by atoms with Crippen LogP contribution in [-0.2, 0) is 14.4 Å². The minimum absolute atomic E-state index is 0.384. The van der Waals surface area contributed by atoms with Gasteiger partial charge in [0, 0.05) is 12.8 Å². The highest BCUT2D eigenvalue weighted by Crippen LogP contribution is 2.23. The predicted molar refractivity (Wildman–Crippen MR) is 138 cm³/mol. The van der Waals surface area contributed by atoms with E-state index < -0.39 is 23.8 Å². The molecule has 1 radical (unpaired) electrons. The van der Waals surface area contributed by atoms with Gasteiger partial charge in [0.2, 0.25) is 0 Å². The van der Waals surface area contributed by atoms with Crippen molar-refractivity contribution in [3.05, 3.63) is 90.9 Å². The Balaban J connectivity index is 0.000000558. The normalized spacial score (nSPS) is 9.97. The number of rotatable bonds is 12. The predicted octanol–water partition coefficient (Wildman–Crippen LogP) is 1.34. The summed E-state index contributed by atoms with van der Waals surface area (Å²) >= 11 is 0. The third-order valence-corrected chi connectivity index (χ3v) is 4.94. The van der Waals surface area contributed by atoms with Crippen molar-refractivity contribution in [3.8, 4) is 11.8 Å². The van der Waals surface area contributed by atoms with Gasteiger partial charge in [-0.1, -0.05) is 93.3 Å². The van der Waals surface area contributed by atoms with Crippen LogP contribution in [0.4, 0.5) is 0 Å². The molecule has 199 valence electrons. The second-order valence-electron chi connectivity index (χ2n) is 7.88. The van der Waals surface area contributed by atoms with Gasteiger partial charge in [0.15, 0.2) is 0 Å². The number of carboxylic acid groups (broad SMARTS) is 3. The van der Waals surface area contributed by atoms with Crippen molar-refractivity contribution < 1.29 is 29.7 Å². The van der Waals surface area contributed by atoms with E-state index in [4.69, 9.17) is 0 Å². The van der Waals surface area contributed by atoms with Gasteiger partial charge in [0.1, 0.15) is 0 Å². The molecule has 0 bridgehead atoms. The first-order valence-corrected chi connectivity index (χ1v) is 12.1. The number of benzene rings is 2. The maximum Gasteiger partial charge on any atom is 0.0643 e. The quantitative estimate of drug-likeness (QED) is 0.315. The van der Waals surface area contributed by atoms with E-state index in [9.17, 15) is 29.7 Å². The Morgan fingerprint density at radius 2 is 1.22 bits per heavy atom. The van der Waals surface area contributed by atoms with Crippen LogP contribution < -0.4 is 15.3 Å². The summed E-state index contributed by atoms with van der Waals surface area (Å²) in [7, 11) is 0. The van der Waals surface area contributed by atoms with Gasteiger partial charge in [-0.25, -0.2) is 0 Å². The zero-order valence-corrected chi connectivity index (χ0v) is 21.6. The summed E-state index contributed by atoms with van der Waals surface area (Å²) in [6, 6.07) is 18.2. The molecule has 0 saturated carbocycles. The van der Waals surface area contributed by atoms with E-state index >= 15 is 0 Å². The highest BCUT2D eigenvalue weighted by Gasteiger charge is 2.14. The molecule has 0 aliphatic rings. The van der Waals surface area contributed by atoms with Crippen LogP contribution in [0.3, 0.4) is 0 Å². The molecule has 0 heterocycles. The number of hydrogen-bond donors (Lipinski definition) is 0. The molecule has 37 heavy (non-hydrogen) atoms. The van der Waals surface area contributed by atoms with Crippen molar-refractivity contribution in [1.82, 2.24) is 4.90 Å². The van der Waals surface area contributed by atoms with Crippen molar-refractivity contribution in [1.29, 1.82) is 0 Å². The summed E-state index contributed by atoms with van der Waals surface area (Å²) in [5.74, 6) is 0.882. The lowest BCUT2D eigenvalue weighted by Gasteiger charge is -2.18. The van der Waals surface area contributed by atoms with E-state index in [1.807, 2.05) is 36.4 Å². The number of nitrogens with zero attached hydrogens (tertiary/aromatic N) is 1. The molecule has 0 aromatic heterocycles. The average Bonchev–Trinajstić information content (AvgIpc) is 2.89. The fraction of sp³-hybridized carbons (Fsp3) is 0.333. The number of aliphatic carboxylic acids is 3. The number of carbonyl (C=O) groups excluding carboxylic acids is 3. The minimum atomic E-state index is -1.55. The van der Waals surface area contributed by atoms with Crippen LogP contribution in [0.2, 0.25) is 0 Å². The second-order valence-corrected chi connectivity index (χ2v) is 7.88. The molecule has 7 heteroatoms. The number of carboxylic acids is 3. The molecule has 0 amide bonds. The molecule has 0 aliphatic heterocycles. The molecule has 0 spiro atoms. The van der Waals surface area contributed by atoms with E-state index in [-0.39, 0.29) is 0 Å². The van der Waals surface area contributed by atoms with Crippen LogP contribution in [0.25, 0.3) is 0 Å². The first-order chi connectivity index (χ1) is 17.8. The first kappa shape index (κ1) is 33.1. The summed E-state index contributed by atoms with van der Waals surface area (Å²) in [6.45, 7) is 11.2. The Bertz CT molecular complexity index is 929. The topological polar surface area (TPSA) is 124 Å². The Morgan fingerprint density at radius 1 is 0.811 bits per heavy atom. The van der Waals surface area contributed by atoms with E-state index in [1.54, 1.807) is 24.3 Å². The third-order valence-electron chi connectivity index (χ3n) is 4.94. The molecule has 0 atom stereocenters. The van der Waals surface area contributed by atoms with Crippen molar-refractivity contribution in [2.75, 3.05) is 19.6 Å². The fourth-order valence-electron chi connectivity index (χ4n) is 3.09. The lowest BCUT2D eigenvalue weighted by molar-refractivity contribution is -0.307. The summed E-state index contributed by atoms with van der Waals surface area (Å²) in [5, 5.41) is 30.0. The Morgan fingerprint density at radius 3 is 1.51 bits per heavy atom. The molecule has 2 rings (SSSR count). The standard InChI is InChI=1S/C14H12O2.C12H22N.C4H4O4/c15-14(16)13(11-7-3-1-4-8-11)12-9-5-2-6-10-12;1-4-7-10-13(11-8-5-2)12-9-6-3;5-3(6)1-2-4(7)8/h1-10,13H,(H,15,16);1,5-6,8-12H2,2-3H3;1-2H,(H,5,6)(H,7,8)/p-3/b;;2-1-. The number of hydrogen-bond acceptors (Lipinski definition) is 7. The second kappa shape index (κ2) is 21.4. The molecule has 0 saturated heterocycles. The number of carbonyl (C=O) groups is 3. The average molecular weight is 506 g/mol. The molecule has 0 fully saturated rings. The van der Waals surface area contributed by atoms with Crippen LogP contribution in [0.5, 0.6) is 0 Å². The summed E-state index contributed by atoms with van der Waals surface area (Å²) in [5.41, 5.74) is 1.49. The summed E-state index contributed by atoms with van der Waals surface area (Å²) < 4.78 is 0. The van der Waals surface area contributed by atoms with Crippen molar-refractivity contribution >= 4 is 17.9 Å². The fourth-order valence-corrected chi connectivity index (χ4v) is 3.09. The summed E-state index contributed by atoms with van der Waals surface area (Å²) in [4.78, 5) is 32.4. The molecule has 2 aromatic carbocycles. The van der Waals surface area contributed by atoms with Crippen LogP contribution in [-0.4, -0.2) is 42.4 Å². The maximum absolute atomic E-state index is 11.2. The maximum atomic E-state index is 11.2. The van der Waals surface area contributed by atoms with E-state index in [2.05, 4.69) is 37.5 Å². The van der Waals surface area contributed by atoms with Crippen molar-refractivity contribution in [2.45, 2.75) is 45.4 Å². The Hall–Kier alpha value is -3.89. The highest BCUT2D eigenvalue weighted by atomic mass is 16.4. The minimum Gasteiger partial charge on any atom is -0.549 e. The summed E-state index contributed by atoms with van der Waals surface area (Å²) in [6.07, 6.45) is 5.86. The Labute approximate surface area is 220 Å². The van der Waals surface area contributed by atoms with E-state index in [1.165, 1.54) is 38.8 Å². The van der Waals surface area contributed by atoms with Gasteiger partial charge in [-0.15, -0.1) is 5.92 Å². The number of unbranched alkanes of at least 4 members (excludes halogenated alkanes) is 2. The smallest absolute Gasteiger partial charge is 0.0643 e. The monoisotopic (exact) mass is 505 g/mol. The zero-order valence-electron chi connectivity index (χ0n) is 21.6. The molecule has 0 aliphatic carbocycles. The largest absolute Gasteiger partial charge is 0.549 e. The van der Waals surface area contributed by atoms with Gasteiger partial charge in [-0.3, -0.25) is 4.90 Å². The van der Waals surface area contributed by atoms with Crippen LogP contribution in [0, 0.1) is 18.8 Å².